The summed E-state index contributed by atoms with van der Waals surface area (Å²) in [4.78, 5) is 2.61. The van der Waals surface area contributed by atoms with Crippen LogP contribution in [0.25, 0.3) is 0 Å². The maximum absolute atomic E-state index is 5.25. The summed E-state index contributed by atoms with van der Waals surface area (Å²) in [5, 5.41) is 3.43. The lowest BCUT2D eigenvalue weighted by Gasteiger charge is -2.36. The molecule has 1 saturated heterocycles. The molecule has 1 aliphatic rings. The second kappa shape index (κ2) is 10.3. The standard InChI is InChI=1S/C16H26N2O.2ClH/c1-13(2)12-16(18-10-8-17-9-11-18)14-4-6-15(19-3)7-5-14;;/h4-7,13,16-17H,8-12H2,1-3H3;2*1H/t16-;;/m1../s1. The van der Waals surface area contributed by atoms with Gasteiger partial charge in [0.25, 0.3) is 0 Å². The van der Waals surface area contributed by atoms with Crippen LogP contribution in [-0.2, 0) is 0 Å². The van der Waals surface area contributed by atoms with E-state index in [4.69, 9.17) is 4.74 Å². The van der Waals surface area contributed by atoms with Gasteiger partial charge in [0, 0.05) is 32.2 Å². The summed E-state index contributed by atoms with van der Waals surface area (Å²) in [5.74, 6) is 1.65. The van der Waals surface area contributed by atoms with E-state index < -0.39 is 0 Å². The van der Waals surface area contributed by atoms with Crippen LogP contribution in [0.2, 0.25) is 0 Å². The number of piperazine rings is 1. The van der Waals surface area contributed by atoms with Gasteiger partial charge < -0.3 is 10.1 Å². The highest BCUT2D eigenvalue weighted by Gasteiger charge is 2.22. The van der Waals surface area contributed by atoms with Crippen molar-refractivity contribution in [1.82, 2.24) is 10.2 Å². The predicted octanol–water partition coefficient (Wildman–Crippen LogP) is 3.53. The van der Waals surface area contributed by atoms with E-state index in [-0.39, 0.29) is 24.8 Å². The van der Waals surface area contributed by atoms with Gasteiger partial charge in [0.2, 0.25) is 0 Å². The highest BCUT2D eigenvalue weighted by molar-refractivity contribution is 5.85. The summed E-state index contributed by atoms with van der Waals surface area (Å²) in [5.41, 5.74) is 1.41. The fourth-order valence-electron chi connectivity index (χ4n) is 2.76. The summed E-state index contributed by atoms with van der Waals surface area (Å²) in [6, 6.07) is 9.12. The van der Waals surface area contributed by atoms with Gasteiger partial charge in [-0.3, -0.25) is 4.90 Å². The van der Waals surface area contributed by atoms with Crippen LogP contribution in [0.5, 0.6) is 5.75 Å². The van der Waals surface area contributed by atoms with E-state index in [9.17, 15) is 0 Å². The van der Waals surface area contributed by atoms with E-state index >= 15 is 0 Å². The Hall–Kier alpha value is -0.480. The van der Waals surface area contributed by atoms with E-state index in [0.29, 0.717) is 12.0 Å². The summed E-state index contributed by atoms with van der Waals surface area (Å²) in [6.45, 7) is 9.10. The zero-order valence-electron chi connectivity index (χ0n) is 13.2. The van der Waals surface area contributed by atoms with E-state index in [1.54, 1.807) is 7.11 Å². The molecule has 1 N–H and O–H groups in total. The lowest BCUT2D eigenvalue weighted by Crippen LogP contribution is -2.45. The summed E-state index contributed by atoms with van der Waals surface area (Å²) in [6.07, 6.45) is 1.21. The monoisotopic (exact) mass is 334 g/mol. The maximum atomic E-state index is 5.25. The summed E-state index contributed by atoms with van der Waals surface area (Å²) in [7, 11) is 1.72. The van der Waals surface area contributed by atoms with Gasteiger partial charge in [0.15, 0.2) is 0 Å². The van der Waals surface area contributed by atoms with Crippen LogP contribution in [0.15, 0.2) is 24.3 Å². The fraction of sp³-hybridized carbons (Fsp3) is 0.625. The van der Waals surface area contributed by atoms with Crippen LogP contribution in [0.1, 0.15) is 31.9 Å². The topological polar surface area (TPSA) is 24.5 Å². The molecule has 21 heavy (non-hydrogen) atoms. The highest BCUT2D eigenvalue weighted by Crippen LogP contribution is 2.29. The van der Waals surface area contributed by atoms with Gasteiger partial charge >= 0.3 is 0 Å². The number of ether oxygens (including phenoxy) is 1. The number of hydrogen-bond donors (Lipinski definition) is 1. The molecule has 1 heterocycles. The Morgan fingerprint density at radius 3 is 2.14 bits per heavy atom. The Balaban J connectivity index is 0.00000200. The van der Waals surface area contributed by atoms with Crippen molar-refractivity contribution < 1.29 is 4.74 Å². The van der Waals surface area contributed by atoms with E-state index in [2.05, 4.69) is 48.3 Å². The molecule has 0 unspecified atom stereocenters. The van der Waals surface area contributed by atoms with Crippen LogP contribution in [0.4, 0.5) is 0 Å². The maximum Gasteiger partial charge on any atom is 0.118 e. The Kier molecular flexibility index (Phi) is 10.0. The number of rotatable bonds is 5. The van der Waals surface area contributed by atoms with Crippen molar-refractivity contribution >= 4 is 24.8 Å². The molecule has 0 aliphatic carbocycles. The molecule has 5 heteroatoms. The second-order valence-corrected chi connectivity index (χ2v) is 5.70. The third-order valence-corrected chi connectivity index (χ3v) is 3.79. The number of nitrogens with zero attached hydrogens (tertiary/aromatic N) is 1. The van der Waals surface area contributed by atoms with Crippen LogP contribution < -0.4 is 10.1 Å². The molecule has 1 aliphatic heterocycles. The molecule has 0 saturated carbocycles. The third-order valence-electron chi connectivity index (χ3n) is 3.79. The summed E-state index contributed by atoms with van der Waals surface area (Å²) >= 11 is 0. The van der Waals surface area contributed by atoms with E-state index in [1.807, 2.05) is 0 Å². The highest BCUT2D eigenvalue weighted by atomic mass is 35.5. The molecule has 2 rings (SSSR count). The fourth-order valence-corrected chi connectivity index (χ4v) is 2.76. The van der Waals surface area contributed by atoms with Gasteiger partial charge in [0.1, 0.15) is 5.75 Å². The first kappa shape index (κ1) is 20.5. The molecule has 0 bridgehead atoms. The normalized spacial score (nSPS) is 16.8. The summed E-state index contributed by atoms with van der Waals surface area (Å²) < 4.78 is 5.25. The SMILES string of the molecule is COc1ccc([C@@H](CC(C)C)N2CCNCC2)cc1.Cl.Cl. The van der Waals surface area contributed by atoms with E-state index in [1.165, 1.54) is 12.0 Å². The molecule has 0 radical (unpaired) electrons. The molecular weight excluding hydrogens is 307 g/mol. The first-order valence-electron chi connectivity index (χ1n) is 7.29. The molecule has 0 aromatic heterocycles. The van der Waals surface area contributed by atoms with Gasteiger partial charge in [-0.05, 0) is 30.0 Å². The quantitative estimate of drug-likeness (QED) is 0.891. The van der Waals surface area contributed by atoms with Crippen molar-refractivity contribution in [3.63, 3.8) is 0 Å². The second-order valence-electron chi connectivity index (χ2n) is 5.70. The van der Waals surface area contributed by atoms with Crippen LogP contribution in [0.3, 0.4) is 0 Å². The Morgan fingerprint density at radius 1 is 1.10 bits per heavy atom. The number of nitrogens with one attached hydrogen (secondary N) is 1. The molecule has 122 valence electrons. The number of halogens is 2. The minimum Gasteiger partial charge on any atom is -0.497 e. The Bertz CT molecular complexity index is 378. The Morgan fingerprint density at radius 2 is 1.67 bits per heavy atom. The molecule has 3 nitrogen and oxygen atoms in total. The zero-order chi connectivity index (χ0) is 13.7. The number of benzene rings is 1. The van der Waals surface area contributed by atoms with Gasteiger partial charge in [-0.2, -0.15) is 0 Å². The Labute approximate surface area is 141 Å². The van der Waals surface area contributed by atoms with E-state index in [0.717, 1.165) is 31.9 Å². The van der Waals surface area contributed by atoms with Crippen LogP contribution >= 0.6 is 24.8 Å². The first-order chi connectivity index (χ1) is 9.20. The smallest absolute Gasteiger partial charge is 0.118 e. The largest absolute Gasteiger partial charge is 0.497 e. The van der Waals surface area contributed by atoms with Crippen molar-refractivity contribution in [2.45, 2.75) is 26.3 Å². The van der Waals surface area contributed by atoms with Crippen molar-refractivity contribution in [1.29, 1.82) is 0 Å². The van der Waals surface area contributed by atoms with Crippen LogP contribution in [0, 0.1) is 5.92 Å². The van der Waals surface area contributed by atoms with Crippen molar-refractivity contribution in [3.8, 4) is 5.75 Å². The van der Waals surface area contributed by atoms with Crippen LogP contribution in [-0.4, -0.2) is 38.2 Å². The molecule has 1 aromatic carbocycles. The van der Waals surface area contributed by atoms with Gasteiger partial charge in [-0.1, -0.05) is 26.0 Å². The van der Waals surface area contributed by atoms with Crippen molar-refractivity contribution in [2.75, 3.05) is 33.3 Å². The number of hydrogen-bond acceptors (Lipinski definition) is 3. The zero-order valence-corrected chi connectivity index (χ0v) is 14.8. The molecule has 1 atom stereocenters. The van der Waals surface area contributed by atoms with Gasteiger partial charge in [-0.15, -0.1) is 24.8 Å². The van der Waals surface area contributed by atoms with Crippen molar-refractivity contribution in [3.05, 3.63) is 29.8 Å². The first-order valence-corrected chi connectivity index (χ1v) is 7.29. The lowest BCUT2D eigenvalue weighted by atomic mass is 9.95. The molecular formula is C16H28Cl2N2O. The van der Waals surface area contributed by atoms with Gasteiger partial charge in [-0.25, -0.2) is 0 Å². The molecule has 0 amide bonds. The average Bonchev–Trinajstić information content (AvgIpc) is 2.46. The van der Waals surface area contributed by atoms with Gasteiger partial charge in [0.05, 0.1) is 7.11 Å². The molecule has 1 aromatic rings. The number of methoxy groups -OCH3 is 1. The molecule has 0 spiro atoms. The lowest BCUT2D eigenvalue weighted by molar-refractivity contribution is 0.154. The minimum absolute atomic E-state index is 0. The average molecular weight is 335 g/mol. The predicted molar refractivity (Wildman–Crippen MR) is 94.1 cm³/mol. The molecule has 1 fully saturated rings. The van der Waals surface area contributed by atoms with Crippen molar-refractivity contribution in [2.24, 2.45) is 5.92 Å². The minimum atomic E-state index is 0. The third kappa shape index (κ3) is 6.03.